The van der Waals surface area contributed by atoms with E-state index in [2.05, 4.69) is 0 Å². The van der Waals surface area contributed by atoms with E-state index in [4.69, 9.17) is 4.74 Å². The summed E-state index contributed by atoms with van der Waals surface area (Å²) < 4.78 is 5.69. The Bertz CT molecular complexity index is 359. The molecular formula is C14H20O3. The van der Waals surface area contributed by atoms with Crippen molar-refractivity contribution in [2.75, 3.05) is 6.61 Å². The Morgan fingerprint density at radius 1 is 1.35 bits per heavy atom. The summed E-state index contributed by atoms with van der Waals surface area (Å²) in [6, 6.07) is 9.15. The van der Waals surface area contributed by atoms with Gasteiger partial charge >= 0.3 is 5.97 Å². The van der Waals surface area contributed by atoms with Crippen molar-refractivity contribution in [3.63, 3.8) is 0 Å². The van der Waals surface area contributed by atoms with E-state index in [0.717, 1.165) is 0 Å². The summed E-state index contributed by atoms with van der Waals surface area (Å²) in [6.07, 6.45) is 0.416. The van der Waals surface area contributed by atoms with Gasteiger partial charge in [0.15, 0.2) is 5.60 Å². The van der Waals surface area contributed by atoms with E-state index in [1.165, 1.54) is 0 Å². The zero-order valence-electron chi connectivity index (χ0n) is 10.6. The first-order valence-corrected chi connectivity index (χ1v) is 5.95. The minimum Gasteiger partial charge on any atom is -0.479 e. The summed E-state index contributed by atoms with van der Waals surface area (Å²) >= 11 is 0. The van der Waals surface area contributed by atoms with Gasteiger partial charge in [-0.3, -0.25) is 0 Å². The predicted octanol–water partition coefficient (Wildman–Crippen LogP) is 3.05. The Kier molecular flexibility index (Phi) is 4.70. The quantitative estimate of drug-likeness (QED) is 0.825. The maximum absolute atomic E-state index is 11.5. The van der Waals surface area contributed by atoms with Crippen LogP contribution in [0.3, 0.4) is 0 Å². The van der Waals surface area contributed by atoms with Crippen LogP contribution in [-0.2, 0) is 15.1 Å². The second-order valence-corrected chi connectivity index (χ2v) is 4.56. The van der Waals surface area contributed by atoms with Crippen molar-refractivity contribution >= 4 is 5.97 Å². The first-order valence-electron chi connectivity index (χ1n) is 5.95. The minimum absolute atomic E-state index is 0.309. The van der Waals surface area contributed by atoms with Gasteiger partial charge in [0.1, 0.15) is 0 Å². The van der Waals surface area contributed by atoms with Crippen molar-refractivity contribution < 1.29 is 14.6 Å². The third-order valence-electron chi connectivity index (χ3n) is 2.75. The van der Waals surface area contributed by atoms with Crippen LogP contribution in [0.15, 0.2) is 30.3 Å². The van der Waals surface area contributed by atoms with Crippen molar-refractivity contribution in [3.8, 4) is 0 Å². The molecule has 0 radical (unpaired) electrons. The molecule has 1 aromatic carbocycles. The summed E-state index contributed by atoms with van der Waals surface area (Å²) in [5, 5.41) is 9.47. The number of benzene rings is 1. The van der Waals surface area contributed by atoms with Crippen molar-refractivity contribution in [2.45, 2.75) is 32.8 Å². The molecule has 0 amide bonds. The van der Waals surface area contributed by atoms with Crippen LogP contribution < -0.4 is 0 Å². The van der Waals surface area contributed by atoms with Gasteiger partial charge in [-0.2, -0.15) is 0 Å². The number of aliphatic carboxylic acids is 1. The number of hydrogen-bond acceptors (Lipinski definition) is 2. The molecule has 0 aromatic heterocycles. The number of carboxylic acids is 1. The lowest BCUT2D eigenvalue weighted by molar-refractivity contribution is -0.170. The van der Waals surface area contributed by atoms with E-state index in [9.17, 15) is 9.90 Å². The highest BCUT2D eigenvalue weighted by Gasteiger charge is 2.39. The van der Waals surface area contributed by atoms with Crippen LogP contribution in [0.2, 0.25) is 0 Å². The molecule has 94 valence electrons. The molecule has 1 aromatic rings. The lowest BCUT2D eigenvalue weighted by atomic mass is 9.91. The molecule has 1 rings (SSSR count). The summed E-state index contributed by atoms with van der Waals surface area (Å²) in [7, 11) is 0. The smallest absolute Gasteiger partial charge is 0.340 e. The Hall–Kier alpha value is -1.35. The summed E-state index contributed by atoms with van der Waals surface area (Å²) in [6.45, 7) is 6.29. The highest BCUT2D eigenvalue weighted by molar-refractivity contribution is 5.79. The van der Waals surface area contributed by atoms with Crippen molar-refractivity contribution in [2.24, 2.45) is 5.92 Å². The van der Waals surface area contributed by atoms with E-state index in [1.54, 1.807) is 12.1 Å². The average Bonchev–Trinajstić information content (AvgIpc) is 2.31. The SMILES string of the molecule is CCC(OCC(C)C)(C(=O)O)c1ccccc1. The van der Waals surface area contributed by atoms with E-state index in [0.29, 0.717) is 24.5 Å². The van der Waals surface area contributed by atoms with Crippen molar-refractivity contribution in [1.82, 2.24) is 0 Å². The molecule has 0 saturated heterocycles. The largest absolute Gasteiger partial charge is 0.479 e. The number of carboxylic acid groups (broad SMARTS) is 1. The first kappa shape index (κ1) is 13.7. The van der Waals surface area contributed by atoms with Crippen LogP contribution >= 0.6 is 0 Å². The van der Waals surface area contributed by atoms with Gasteiger partial charge in [-0.15, -0.1) is 0 Å². The van der Waals surface area contributed by atoms with E-state index in [-0.39, 0.29) is 0 Å². The molecule has 0 heterocycles. The highest BCUT2D eigenvalue weighted by atomic mass is 16.5. The van der Waals surface area contributed by atoms with Crippen LogP contribution in [0.4, 0.5) is 0 Å². The molecule has 0 spiro atoms. The molecule has 0 aliphatic carbocycles. The van der Waals surface area contributed by atoms with Gasteiger partial charge in [-0.05, 0) is 17.9 Å². The number of hydrogen-bond donors (Lipinski definition) is 1. The average molecular weight is 236 g/mol. The maximum atomic E-state index is 11.5. The number of rotatable bonds is 6. The van der Waals surface area contributed by atoms with Gasteiger partial charge in [0.05, 0.1) is 6.61 Å². The van der Waals surface area contributed by atoms with Gasteiger partial charge < -0.3 is 9.84 Å². The van der Waals surface area contributed by atoms with Crippen molar-refractivity contribution in [3.05, 3.63) is 35.9 Å². The maximum Gasteiger partial charge on any atom is 0.340 e. The van der Waals surface area contributed by atoms with Crippen LogP contribution in [0.5, 0.6) is 0 Å². The lowest BCUT2D eigenvalue weighted by Crippen LogP contribution is -2.39. The van der Waals surface area contributed by atoms with E-state index >= 15 is 0 Å². The molecule has 1 unspecified atom stereocenters. The second-order valence-electron chi connectivity index (χ2n) is 4.56. The van der Waals surface area contributed by atoms with Crippen LogP contribution in [-0.4, -0.2) is 17.7 Å². The molecule has 1 atom stereocenters. The molecule has 0 aliphatic heterocycles. The molecule has 17 heavy (non-hydrogen) atoms. The molecular weight excluding hydrogens is 216 g/mol. The summed E-state index contributed by atoms with van der Waals surface area (Å²) in [4.78, 5) is 11.5. The topological polar surface area (TPSA) is 46.5 Å². The minimum atomic E-state index is -1.22. The highest BCUT2D eigenvalue weighted by Crippen LogP contribution is 2.30. The van der Waals surface area contributed by atoms with Gasteiger partial charge in [-0.25, -0.2) is 4.79 Å². The Morgan fingerprint density at radius 3 is 2.35 bits per heavy atom. The third-order valence-corrected chi connectivity index (χ3v) is 2.75. The monoisotopic (exact) mass is 236 g/mol. The zero-order chi connectivity index (χ0) is 12.9. The number of carbonyl (C=O) groups is 1. The fraction of sp³-hybridized carbons (Fsp3) is 0.500. The normalized spacial score (nSPS) is 14.6. The van der Waals surface area contributed by atoms with E-state index < -0.39 is 11.6 Å². The van der Waals surface area contributed by atoms with Crippen LogP contribution in [0.1, 0.15) is 32.8 Å². The predicted molar refractivity (Wildman–Crippen MR) is 66.8 cm³/mol. The van der Waals surface area contributed by atoms with Crippen LogP contribution in [0, 0.1) is 5.92 Å². The molecule has 1 N–H and O–H groups in total. The first-order chi connectivity index (χ1) is 8.03. The Morgan fingerprint density at radius 2 is 1.94 bits per heavy atom. The lowest BCUT2D eigenvalue weighted by Gasteiger charge is -2.29. The molecule has 3 nitrogen and oxygen atoms in total. The van der Waals surface area contributed by atoms with Crippen LogP contribution in [0.25, 0.3) is 0 Å². The zero-order valence-corrected chi connectivity index (χ0v) is 10.6. The molecule has 0 bridgehead atoms. The molecule has 0 fully saturated rings. The van der Waals surface area contributed by atoms with E-state index in [1.807, 2.05) is 39.0 Å². The van der Waals surface area contributed by atoms with Crippen molar-refractivity contribution in [1.29, 1.82) is 0 Å². The summed E-state index contributed by atoms with van der Waals surface area (Å²) in [5.41, 5.74) is -0.512. The molecule has 0 saturated carbocycles. The molecule has 3 heteroatoms. The Labute approximate surface area is 102 Å². The fourth-order valence-electron chi connectivity index (χ4n) is 1.74. The van der Waals surface area contributed by atoms with Gasteiger partial charge in [0, 0.05) is 0 Å². The fourth-order valence-corrected chi connectivity index (χ4v) is 1.74. The van der Waals surface area contributed by atoms with Gasteiger partial charge in [-0.1, -0.05) is 51.1 Å². The molecule has 0 aliphatic rings. The Balaban J connectivity index is 3.05. The van der Waals surface area contributed by atoms with Gasteiger partial charge in [0.25, 0.3) is 0 Å². The summed E-state index contributed by atoms with van der Waals surface area (Å²) in [5.74, 6) is -0.615. The third kappa shape index (κ3) is 3.07. The van der Waals surface area contributed by atoms with Gasteiger partial charge in [0.2, 0.25) is 0 Å². The second kappa shape index (κ2) is 5.82. The standard InChI is InChI=1S/C14H20O3/c1-4-14(13(15)16,17-10-11(2)3)12-8-6-5-7-9-12/h5-9,11H,4,10H2,1-3H3,(H,15,16). The number of ether oxygens (including phenoxy) is 1.